The number of nitrogens with zero attached hydrogens (tertiary/aromatic N) is 2. The summed E-state index contributed by atoms with van der Waals surface area (Å²) < 4.78 is 0. The van der Waals surface area contributed by atoms with Crippen molar-refractivity contribution in [3.05, 3.63) is 53.6 Å². The fourth-order valence-corrected chi connectivity index (χ4v) is 3.12. The Morgan fingerprint density at radius 3 is 2.00 bits per heavy atom. The van der Waals surface area contributed by atoms with E-state index < -0.39 is 17.2 Å². The zero-order valence-electron chi connectivity index (χ0n) is 14.8. The second-order valence-electron chi connectivity index (χ2n) is 6.52. The number of aryl methyl sites for hydroxylation is 1. The molecule has 0 aromatic heterocycles. The van der Waals surface area contributed by atoms with Gasteiger partial charge in [0.15, 0.2) is 17.2 Å². The maximum Gasteiger partial charge on any atom is 0.254 e. The molecule has 0 unspecified atom stereocenters. The van der Waals surface area contributed by atoms with Gasteiger partial charge in [0.2, 0.25) is 5.91 Å². The molecule has 142 valence electrons. The van der Waals surface area contributed by atoms with Crippen LogP contribution < -0.4 is 0 Å². The molecule has 3 N–H and O–H groups in total. The third-order valence-corrected chi connectivity index (χ3v) is 4.71. The SMILES string of the molecule is O=C(CCc1ccccc1)N1CCN(C(=O)c2cc(O)c(O)c(O)c2)CC1. The third-order valence-electron chi connectivity index (χ3n) is 4.71. The Balaban J connectivity index is 1.54. The van der Waals surface area contributed by atoms with E-state index in [9.17, 15) is 24.9 Å². The predicted octanol–water partition coefficient (Wildman–Crippen LogP) is 1.72. The van der Waals surface area contributed by atoms with Crippen molar-refractivity contribution in [1.29, 1.82) is 0 Å². The molecule has 7 nitrogen and oxygen atoms in total. The standard InChI is InChI=1S/C20H22N2O5/c23-16-12-15(13-17(24)19(16)26)20(27)22-10-8-21(9-11-22)18(25)7-6-14-4-2-1-3-5-14/h1-5,12-13,23-24,26H,6-11H2. The molecule has 0 spiro atoms. The first-order valence-electron chi connectivity index (χ1n) is 8.81. The van der Waals surface area contributed by atoms with E-state index in [1.165, 1.54) is 0 Å². The van der Waals surface area contributed by atoms with Gasteiger partial charge in [0, 0.05) is 38.2 Å². The predicted molar refractivity (Wildman–Crippen MR) is 98.7 cm³/mol. The summed E-state index contributed by atoms with van der Waals surface area (Å²) in [5.74, 6) is -2.05. The van der Waals surface area contributed by atoms with E-state index in [1.54, 1.807) is 9.80 Å². The molecule has 1 saturated heterocycles. The van der Waals surface area contributed by atoms with Crippen LogP contribution in [0.5, 0.6) is 17.2 Å². The van der Waals surface area contributed by atoms with Crippen LogP contribution in [0.1, 0.15) is 22.3 Å². The van der Waals surface area contributed by atoms with E-state index in [-0.39, 0.29) is 17.4 Å². The van der Waals surface area contributed by atoms with E-state index in [0.717, 1.165) is 17.7 Å². The van der Waals surface area contributed by atoms with Crippen molar-refractivity contribution in [3.63, 3.8) is 0 Å². The van der Waals surface area contributed by atoms with E-state index in [1.807, 2.05) is 30.3 Å². The highest BCUT2D eigenvalue weighted by molar-refractivity contribution is 5.95. The molecule has 3 rings (SSSR count). The average molecular weight is 370 g/mol. The van der Waals surface area contributed by atoms with Crippen LogP contribution in [-0.4, -0.2) is 63.1 Å². The van der Waals surface area contributed by atoms with Crippen molar-refractivity contribution < 1.29 is 24.9 Å². The number of benzene rings is 2. The van der Waals surface area contributed by atoms with E-state index in [4.69, 9.17) is 0 Å². The van der Waals surface area contributed by atoms with Crippen LogP contribution in [0.15, 0.2) is 42.5 Å². The number of amides is 2. The molecular weight excluding hydrogens is 348 g/mol. The summed E-state index contributed by atoms with van der Waals surface area (Å²) in [6, 6.07) is 12.1. The molecule has 0 bridgehead atoms. The fraction of sp³-hybridized carbons (Fsp3) is 0.300. The molecule has 2 amide bonds. The number of carbonyl (C=O) groups is 2. The molecule has 0 aliphatic carbocycles. The van der Waals surface area contributed by atoms with Gasteiger partial charge in [-0.1, -0.05) is 30.3 Å². The first-order chi connectivity index (χ1) is 13.0. The van der Waals surface area contributed by atoms with Crippen LogP contribution in [-0.2, 0) is 11.2 Å². The molecule has 27 heavy (non-hydrogen) atoms. The van der Waals surface area contributed by atoms with E-state index >= 15 is 0 Å². The van der Waals surface area contributed by atoms with Crippen LogP contribution in [0.4, 0.5) is 0 Å². The van der Waals surface area contributed by atoms with Crippen molar-refractivity contribution in [2.45, 2.75) is 12.8 Å². The van der Waals surface area contributed by atoms with Crippen molar-refractivity contribution in [3.8, 4) is 17.2 Å². The lowest BCUT2D eigenvalue weighted by Crippen LogP contribution is -2.50. The quantitative estimate of drug-likeness (QED) is 0.712. The average Bonchev–Trinajstić information content (AvgIpc) is 2.70. The molecular formula is C20H22N2O5. The minimum Gasteiger partial charge on any atom is -0.504 e. The summed E-state index contributed by atoms with van der Waals surface area (Å²) >= 11 is 0. The lowest BCUT2D eigenvalue weighted by atomic mass is 10.1. The van der Waals surface area contributed by atoms with Crippen LogP contribution in [0.25, 0.3) is 0 Å². The number of piperazine rings is 1. The molecule has 1 fully saturated rings. The second kappa shape index (κ2) is 7.99. The van der Waals surface area contributed by atoms with Crippen molar-refractivity contribution in [2.24, 2.45) is 0 Å². The van der Waals surface area contributed by atoms with E-state index in [0.29, 0.717) is 39.0 Å². The van der Waals surface area contributed by atoms with Crippen LogP contribution in [0.3, 0.4) is 0 Å². The number of hydrogen-bond acceptors (Lipinski definition) is 5. The molecule has 1 aliphatic rings. The van der Waals surface area contributed by atoms with Gasteiger partial charge < -0.3 is 25.1 Å². The maximum absolute atomic E-state index is 12.5. The van der Waals surface area contributed by atoms with Gasteiger partial charge in [-0.25, -0.2) is 0 Å². The van der Waals surface area contributed by atoms with Crippen LogP contribution >= 0.6 is 0 Å². The Hall–Kier alpha value is -3.22. The third kappa shape index (κ3) is 4.31. The minimum atomic E-state index is -0.652. The first-order valence-corrected chi connectivity index (χ1v) is 8.81. The van der Waals surface area contributed by atoms with Gasteiger partial charge in [-0.2, -0.15) is 0 Å². The second-order valence-corrected chi connectivity index (χ2v) is 6.52. The van der Waals surface area contributed by atoms with Gasteiger partial charge in [-0.3, -0.25) is 9.59 Å². The summed E-state index contributed by atoms with van der Waals surface area (Å²) in [4.78, 5) is 28.2. The molecule has 2 aromatic carbocycles. The Morgan fingerprint density at radius 2 is 1.41 bits per heavy atom. The van der Waals surface area contributed by atoms with Gasteiger partial charge in [0.05, 0.1) is 0 Å². The molecule has 0 radical (unpaired) electrons. The van der Waals surface area contributed by atoms with Gasteiger partial charge in [-0.15, -0.1) is 0 Å². The lowest BCUT2D eigenvalue weighted by molar-refractivity contribution is -0.132. The normalized spacial score (nSPS) is 14.2. The van der Waals surface area contributed by atoms with Gasteiger partial charge >= 0.3 is 0 Å². The van der Waals surface area contributed by atoms with Gasteiger partial charge in [-0.05, 0) is 24.1 Å². The summed E-state index contributed by atoms with van der Waals surface area (Å²) in [5, 5.41) is 28.5. The molecule has 1 heterocycles. The highest BCUT2D eigenvalue weighted by atomic mass is 16.3. The number of phenolic OH excluding ortho intramolecular Hbond substituents is 3. The molecule has 2 aromatic rings. The van der Waals surface area contributed by atoms with Crippen molar-refractivity contribution >= 4 is 11.8 Å². The Labute approximate surface area is 157 Å². The highest BCUT2D eigenvalue weighted by Gasteiger charge is 2.25. The summed E-state index contributed by atoms with van der Waals surface area (Å²) in [5.41, 5.74) is 1.21. The first kappa shape index (κ1) is 18.6. The number of aromatic hydroxyl groups is 3. The summed E-state index contributed by atoms with van der Waals surface area (Å²) in [6.07, 6.45) is 1.11. The Kier molecular flexibility index (Phi) is 5.49. The lowest BCUT2D eigenvalue weighted by Gasteiger charge is -2.35. The van der Waals surface area contributed by atoms with Crippen LogP contribution in [0, 0.1) is 0 Å². The zero-order valence-corrected chi connectivity index (χ0v) is 14.8. The van der Waals surface area contributed by atoms with Crippen molar-refractivity contribution in [1.82, 2.24) is 9.80 Å². The van der Waals surface area contributed by atoms with E-state index in [2.05, 4.69) is 0 Å². The number of rotatable bonds is 4. The molecule has 1 aliphatic heterocycles. The fourth-order valence-electron chi connectivity index (χ4n) is 3.12. The summed E-state index contributed by atoms with van der Waals surface area (Å²) in [7, 11) is 0. The monoisotopic (exact) mass is 370 g/mol. The highest BCUT2D eigenvalue weighted by Crippen LogP contribution is 2.35. The number of hydrogen-bond donors (Lipinski definition) is 3. The minimum absolute atomic E-state index is 0.0610. The number of carbonyl (C=O) groups excluding carboxylic acids is 2. The Bertz CT molecular complexity index is 807. The van der Waals surface area contributed by atoms with Crippen LogP contribution in [0.2, 0.25) is 0 Å². The number of phenols is 3. The summed E-state index contributed by atoms with van der Waals surface area (Å²) in [6.45, 7) is 1.63. The largest absolute Gasteiger partial charge is 0.504 e. The topological polar surface area (TPSA) is 101 Å². The van der Waals surface area contributed by atoms with Gasteiger partial charge in [0.1, 0.15) is 0 Å². The molecule has 0 saturated carbocycles. The smallest absolute Gasteiger partial charge is 0.254 e. The maximum atomic E-state index is 12.5. The Morgan fingerprint density at radius 1 is 0.852 bits per heavy atom. The molecule has 7 heteroatoms. The molecule has 0 atom stereocenters. The van der Waals surface area contributed by atoms with Crippen molar-refractivity contribution in [2.75, 3.05) is 26.2 Å². The zero-order chi connectivity index (χ0) is 19.4. The van der Waals surface area contributed by atoms with Gasteiger partial charge in [0.25, 0.3) is 5.91 Å².